The largest absolute Gasteiger partial charge is 0.444 e. The molecule has 0 aliphatic heterocycles. The first-order valence-electron chi connectivity index (χ1n) is 11.7. The zero-order valence-corrected chi connectivity index (χ0v) is 21.3. The first-order chi connectivity index (χ1) is 15.9. The van der Waals surface area contributed by atoms with Gasteiger partial charge in [0.25, 0.3) is 5.91 Å². The Labute approximate surface area is 202 Å². The minimum atomic E-state index is -0.874. The number of carbonyl (C=O) groups excluding carboxylic acids is 3. The van der Waals surface area contributed by atoms with E-state index in [2.05, 4.69) is 10.6 Å². The fourth-order valence-corrected chi connectivity index (χ4v) is 3.54. The lowest BCUT2D eigenvalue weighted by Gasteiger charge is -2.33. The molecular formula is C27H37N3O4. The number of anilines is 1. The number of rotatable bonds is 8. The average molecular weight is 468 g/mol. The van der Waals surface area contributed by atoms with E-state index in [0.717, 1.165) is 11.1 Å². The Morgan fingerprint density at radius 1 is 1.00 bits per heavy atom. The highest BCUT2D eigenvalue weighted by molar-refractivity contribution is 5.99. The van der Waals surface area contributed by atoms with Crippen molar-refractivity contribution >= 4 is 23.6 Å². The van der Waals surface area contributed by atoms with Gasteiger partial charge in [-0.25, -0.2) is 4.79 Å². The zero-order chi connectivity index (χ0) is 25.5. The highest BCUT2D eigenvalue weighted by atomic mass is 16.6. The molecule has 34 heavy (non-hydrogen) atoms. The van der Waals surface area contributed by atoms with Gasteiger partial charge in [-0.15, -0.1) is 0 Å². The summed E-state index contributed by atoms with van der Waals surface area (Å²) in [7, 11) is 0. The summed E-state index contributed by atoms with van der Waals surface area (Å²) in [5.74, 6) is -0.678. The summed E-state index contributed by atoms with van der Waals surface area (Å²) in [6.07, 6.45) is -0.0358. The Bertz CT molecular complexity index is 996. The standard InChI is InChI=1S/C27H37N3O4/c1-8-17-30(25(32)20(4)28-26(33)34-27(5,6)7)23(21-15-13-18(2)14-16-21)24(31)29-22-12-10-9-11-19(22)3/h9-16,20,23H,8,17H2,1-7H3,(H,28,33)(H,29,31). The van der Waals surface area contributed by atoms with Crippen LogP contribution >= 0.6 is 0 Å². The molecule has 0 radical (unpaired) electrons. The number of benzene rings is 2. The number of ether oxygens (including phenoxy) is 1. The third-order valence-corrected chi connectivity index (χ3v) is 5.21. The van der Waals surface area contributed by atoms with Gasteiger partial charge < -0.3 is 20.3 Å². The average Bonchev–Trinajstić information content (AvgIpc) is 2.74. The van der Waals surface area contributed by atoms with Gasteiger partial charge in [0.1, 0.15) is 17.7 Å². The van der Waals surface area contributed by atoms with Gasteiger partial charge in [0, 0.05) is 12.2 Å². The van der Waals surface area contributed by atoms with Crippen molar-refractivity contribution in [3.8, 4) is 0 Å². The number of amides is 3. The third-order valence-electron chi connectivity index (χ3n) is 5.21. The Morgan fingerprint density at radius 3 is 2.18 bits per heavy atom. The molecule has 2 unspecified atom stereocenters. The van der Waals surface area contributed by atoms with Gasteiger partial charge in [0.2, 0.25) is 5.91 Å². The van der Waals surface area contributed by atoms with Gasteiger partial charge in [0.05, 0.1) is 0 Å². The second-order valence-electron chi connectivity index (χ2n) is 9.52. The topological polar surface area (TPSA) is 87.7 Å². The van der Waals surface area contributed by atoms with Crippen molar-refractivity contribution in [2.45, 2.75) is 72.6 Å². The number of nitrogens with zero attached hydrogens (tertiary/aromatic N) is 1. The lowest BCUT2D eigenvalue weighted by molar-refractivity contribution is -0.140. The van der Waals surface area contributed by atoms with Crippen LogP contribution in [0.1, 0.15) is 63.8 Å². The first-order valence-corrected chi connectivity index (χ1v) is 11.7. The van der Waals surface area contributed by atoms with Crippen molar-refractivity contribution in [1.29, 1.82) is 0 Å². The van der Waals surface area contributed by atoms with E-state index in [4.69, 9.17) is 4.74 Å². The van der Waals surface area contributed by atoms with Crippen molar-refractivity contribution in [3.05, 3.63) is 65.2 Å². The molecule has 2 N–H and O–H groups in total. The maximum Gasteiger partial charge on any atom is 0.408 e. The SMILES string of the molecule is CCCN(C(=O)C(C)NC(=O)OC(C)(C)C)C(C(=O)Nc1ccccc1C)c1ccc(C)cc1. The molecule has 0 aliphatic carbocycles. The summed E-state index contributed by atoms with van der Waals surface area (Å²) in [5, 5.41) is 5.59. The molecule has 2 aromatic rings. The van der Waals surface area contributed by atoms with E-state index in [-0.39, 0.29) is 11.8 Å². The molecule has 0 heterocycles. The zero-order valence-electron chi connectivity index (χ0n) is 21.3. The van der Waals surface area contributed by atoms with Crippen molar-refractivity contribution in [3.63, 3.8) is 0 Å². The number of alkyl carbamates (subject to hydrolysis) is 1. The predicted molar refractivity (Wildman–Crippen MR) is 135 cm³/mol. The fourth-order valence-electron chi connectivity index (χ4n) is 3.54. The molecule has 2 rings (SSSR count). The molecule has 0 aliphatic rings. The Kier molecular flexibility index (Phi) is 9.24. The number of hydrogen-bond acceptors (Lipinski definition) is 4. The minimum Gasteiger partial charge on any atom is -0.444 e. The van der Waals surface area contributed by atoms with Crippen LogP contribution in [0.2, 0.25) is 0 Å². The first kappa shape index (κ1) is 26.9. The van der Waals surface area contributed by atoms with E-state index >= 15 is 0 Å². The molecule has 0 saturated carbocycles. The van der Waals surface area contributed by atoms with Crippen LogP contribution in [0.3, 0.4) is 0 Å². The molecule has 0 fully saturated rings. The molecule has 7 nitrogen and oxygen atoms in total. The number of hydrogen-bond donors (Lipinski definition) is 2. The molecule has 184 valence electrons. The summed E-state index contributed by atoms with van der Waals surface area (Å²) in [6.45, 7) is 13.0. The number of carbonyl (C=O) groups is 3. The van der Waals surface area contributed by atoms with Crippen molar-refractivity contribution < 1.29 is 19.1 Å². The van der Waals surface area contributed by atoms with Crippen LogP contribution in [0.5, 0.6) is 0 Å². The van der Waals surface area contributed by atoms with Crippen LogP contribution in [0.25, 0.3) is 0 Å². The van der Waals surface area contributed by atoms with Crippen LogP contribution < -0.4 is 10.6 Å². The second-order valence-corrected chi connectivity index (χ2v) is 9.52. The summed E-state index contributed by atoms with van der Waals surface area (Å²) in [6, 6.07) is 13.3. The van der Waals surface area contributed by atoms with Crippen LogP contribution in [-0.4, -0.2) is 41.0 Å². The molecule has 2 aromatic carbocycles. The smallest absolute Gasteiger partial charge is 0.408 e. The molecule has 0 spiro atoms. The summed E-state index contributed by atoms with van der Waals surface area (Å²) >= 11 is 0. The molecule has 0 saturated heterocycles. The van der Waals surface area contributed by atoms with Crippen LogP contribution in [-0.2, 0) is 14.3 Å². The van der Waals surface area contributed by atoms with Crippen molar-refractivity contribution in [2.75, 3.05) is 11.9 Å². The Balaban J connectivity index is 2.38. The van der Waals surface area contributed by atoms with Crippen molar-refractivity contribution in [1.82, 2.24) is 10.2 Å². The van der Waals surface area contributed by atoms with E-state index in [1.165, 1.54) is 4.90 Å². The Morgan fingerprint density at radius 2 is 1.62 bits per heavy atom. The van der Waals surface area contributed by atoms with E-state index in [1.807, 2.05) is 69.3 Å². The molecular weight excluding hydrogens is 430 g/mol. The number of para-hydroxylation sites is 1. The van der Waals surface area contributed by atoms with E-state index < -0.39 is 23.8 Å². The third kappa shape index (κ3) is 7.61. The maximum absolute atomic E-state index is 13.6. The molecule has 3 amide bonds. The molecule has 2 atom stereocenters. The highest BCUT2D eigenvalue weighted by Crippen LogP contribution is 2.26. The van der Waals surface area contributed by atoms with Crippen LogP contribution in [0.4, 0.5) is 10.5 Å². The maximum atomic E-state index is 13.6. The summed E-state index contributed by atoms with van der Waals surface area (Å²) < 4.78 is 5.30. The van der Waals surface area contributed by atoms with Crippen molar-refractivity contribution in [2.24, 2.45) is 0 Å². The highest BCUT2D eigenvalue weighted by Gasteiger charge is 2.34. The normalized spacial score (nSPS) is 12.9. The van der Waals surface area contributed by atoms with Gasteiger partial charge in [0.15, 0.2) is 0 Å². The lowest BCUT2D eigenvalue weighted by Crippen LogP contribution is -2.51. The van der Waals surface area contributed by atoms with E-state index in [1.54, 1.807) is 27.7 Å². The molecule has 0 aromatic heterocycles. The lowest BCUT2D eigenvalue weighted by atomic mass is 10.0. The quantitative estimate of drug-likeness (QED) is 0.563. The van der Waals surface area contributed by atoms with Gasteiger partial charge >= 0.3 is 6.09 Å². The predicted octanol–water partition coefficient (Wildman–Crippen LogP) is 5.14. The van der Waals surface area contributed by atoms with Gasteiger partial charge in [-0.3, -0.25) is 9.59 Å². The summed E-state index contributed by atoms with van der Waals surface area (Å²) in [4.78, 5) is 40.9. The van der Waals surface area contributed by atoms with E-state index in [0.29, 0.717) is 24.2 Å². The molecule has 0 bridgehead atoms. The number of aryl methyl sites for hydroxylation is 2. The van der Waals surface area contributed by atoms with Gasteiger partial charge in [-0.2, -0.15) is 0 Å². The Hall–Kier alpha value is -3.35. The van der Waals surface area contributed by atoms with Gasteiger partial charge in [-0.05, 0) is 65.2 Å². The minimum absolute atomic E-state index is 0.315. The molecule has 7 heteroatoms. The number of nitrogens with one attached hydrogen (secondary N) is 2. The fraction of sp³-hybridized carbons (Fsp3) is 0.444. The monoisotopic (exact) mass is 467 g/mol. The van der Waals surface area contributed by atoms with Crippen LogP contribution in [0.15, 0.2) is 48.5 Å². The second kappa shape index (κ2) is 11.7. The van der Waals surface area contributed by atoms with Gasteiger partial charge in [-0.1, -0.05) is 55.0 Å². The van der Waals surface area contributed by atoms with Crippen LogP contribution in [0, 0.1) is 13.8 Å². The summed E-state index contributed by atoms with van der Waals surface area (Å²) in [5.41, 5.74) is 2.67. The van der Waals surface area contributed by atoms with E-state index in [9.17, 15) is 14.4 Å².